The van der Waals surface area contributed by atoms with E-state index in [4.69, 9.17) is 4.74 Å². The summed E-state index contributed by atoms with van der Waals surface area (Å²) in [6.07, 6.45) is 4.90. The number of amidine groups is 1. The molecule has 1 fully saturated rings. The third kappa shape index (κ3) is 4.11. The van der Waals surface area contributed by atoms with Gasteiger partial charge in [0.05, 0.1) is 18.4 Å². The number of nitrogens with one attached hydrogen (secondary N) is 1. The van der Waals surface area contributed by atoms with Crippen molar-refractivity contribution in [1.82, 2.24) is 5.43 Å². The number of hydrazone groups is 1. The maximum atomic E-state index is 5.59. The fourth-order valence-electron chi connectivity index (χ4n) is 2.67. The molecule has 1 saturated heterocycles. The first-order chi connectivity index (χ1) is 10.8. The monoisotopic (exact) mass is 317 g/mol. The zero-order valence-corrected chi connectivity index (χ0v) is 13.9. The van der Waals surface area contributed by atoms with Gasteiger partial charge in [0.2, 0.25) is 0 Å². The summed E-state index contributed by atoms with van der Waals surface area (Å²) < 4.78 is 5.59. The predicted molar refractivity (Wildman–Crippen MR) is 93.8 cm³/mol. The van der Waals surface area contributed by atoms with Gasteiger partial charge < -0.3 is 4.74 Å². The van der Waals surface area contributed by atoms with Gasteiger partial charge in [-0.15, -0.1) is 0 Å². The van der Waals surface area contributed by atoms with Crippen LogP contribution in [0.4, 0.5) is 0 Å². The number of nitrogens with zero attached hydrogens (tertiary/aromatic N) is 2. The molecular formula is C17H23N3OS. The van der Waals surface area contributed by atoms with E-state index in [0.717, 1.165) is 49.0 Å². The van der Waals surface area contributed by atoms with Crippen molar-refractivity contribution < 1.29 is 4.74 Å². The minimum atomic E-state index is 0.298. The van der Waals surface area contributed by atoms with Gasteiger partial charge in [-0.2, -0.15) is 5.10 Å². The molecule has 0 bridgehead atoms. The first-order valence-corrected chi connectivity index (χ1v) is 9.04. The van der Waals surface area contributed by atoms with Crippen LogP contribution in [0.15, 0.2) is 34.4 Å². The summed E-state index contributed by atoms with van der Waals surface area (Å²) in [6, 6.07) is 8.74. The Bertz CT molecular complexity index is 548. The van der Waals surface area contributed by atoms with Crippen LogP contribution >= 0.6 is 11.8 Å². The SMILES string of the molecule is CCCc1ccc(C2=NNC(=NC[C@@H]3CCCO3)SC2)cc1. The molecule has 1 aromatic carbocycles. The molecule has 22 heavy (non-hydrogen) atoms. The summed E-state index contributed by atoms with van der Waals surface area (Å²) in [5, 5.41) is 5.38. The largest absolute Gasteiger partial charge is 0.376 e. The van der Waals surface area contributed by atoms with Crippen LogP contribution in [0, 0.1) is 0 Å². The normalized spacial score (nSPS) is 23.4. The Morgan fingerprint density at radius 1 is 1.36 bits per heavy atom. The van der Waals surface area contributed by atoms with Gasteiger partial charge >= 0.3 is 0 Å². The lowest BCUT2D eigenvalue weighted by Gasteiger charge is -2.16. The van der Waals surface area contributed by atoms with Crippen molar-refractivity contribution in [2.24, 2.45) is 10.1 Å². The van der Waals surface area contributed by atoms with Crippen LogP contribution in [0.25, 0.3) is 0 Å². The third-order valence-electron chi connectivity index (χ3n) is 3.92. The van der Waals surface area contributed by atoms with Crippen molar-refractivity contribution in [3.8, 4) is 0 Å². The van der Waals surface area contributed by atoms with Crippen LogP contribution in [0.1, 0.15) is 37.3 Å². The van der Waals surface area contributed by atoms with Crippen molar-refractivity contribution in [2.45, 2.75) is 38.7 Å². The fraction of sp³-hybridized carbons (Fsp3) is 0.529. The highest BCUT2D eigenvalue weighted by Gasteiger charge is 2.17. The lowest BCUT2D eigenvalue weighted by Crippen LogP contribution is -2.26. The molecule has 1 aromatic rings. The number of benzene rings is 1. The summed E-state index contributed by atoms with van der Waals surface area (Å²) in [7, 11) is 0. The molecule has 2 heterocycles. The Morgan fingerprint density at radius 2 is 2.23 bits per heavy atom. The first kappa shape index (κ1) is 15.6. The summed E-state index contributed by atoms with van der Waals surface area (Å²) >= 11 is 1.72. The molecule has 0 radical (unpaired) electrons. The van der Waals surface area contributed by atoms with Crippen molar-refractivity contribution >= 4 is 22.6 Å². The molecular weight excluding hydrogens is 294 g/mol. The Hall–Kier alpha value is -1.33. The lowest BCUT2D eigenvalue weighted by atomic mass is 10.1. The molecule has 1 N–H and O–H groups in total. The Morgan fingerprint density at radius 3 is 2.86 bits per heavy atom. The van der Waals surface area contributed by atoms with Crippen molar-refractivity contribution in [3.63, 3.8) is 0 Å². The minimum Gasteiger partial charge on any atom is -0.376 e. The predicted octanol–water partition coefficient (Wildman–Crippen LogP) is 3.21. The van der Waals surface area contributed by atoms with E-state index in [1.54, 1.807) is 11.8 Å². The highest BCUT2D eigenvalue weighted by atomic mass is 32.2. The molecule has 0 spiro atoms. The van der Waals surface area contributed by atoms with Gasteiger partial charge in [-0.05, 0) is 30.4 Å². The van der Waals surface area contributed by atoms with Gasteiger partial charge in [-0.1, -0.05) is 49.4 Å². The van der Waals surface area contributed by atoms with E-state index in [2.05, 4.69) is 46.7 Å². The summed E-state index contributed by atoms with van der Waals surface area (Å²) in [4.78, 5) is 4.57. The standard InChI is InChI=1S/C17H23N3OS/c1-2-4-13-6-8-14(9-7-13)16-12-22-17(20-19-16)18-11-15-5-3-10-21-15/h6-9,15H,2-5,10-12H2,1H3,(H,18,20)/t15-/m0/s1. The molecule has 0 aromatic heterocycles. The summed E-state index contributed by atoms with van der Waals surface area (Å²) in [5.74, 6) is 0.866. The van der Waals surface area contributed by atoms with Crippen LogP contribution in [-0.4, -0.2) is 35.9 Å². The average molecular weight is 317 g/mol. The molecule has 0 amide bonds. The Balaban J connectivity index is 1.57. The van der Waals surface area contributed by atoms with E-state index in [0.29, 0.717) is 6.10 Å². The second kappa shape index (κ2) is 7.79. The number of aryl methyl sites for hydroxylation is 1. The van der Waals surface area contributed by atoms with Gasteiger partial charge in [0.25, 0.3) is 0 Å². The average Bonchev–Trinajstić information content (AvgIpc) is 3.08. The molecule has 2 aliphatic rings. The second-order valence-electron chi connectivity index (χ2n) is 5.69. The van der Waals surface area contributed by atoms with E-state index < -0.39 is 0 Å². The zero-order chi connectivity index (χ0) is 15.2. The Kier molecular flexibility index (Phi) is 5.51. The van der Waals surface area contributed by atoms with Crippen molar-refractivity contribution in [3.05, 3.63) is 35.4 Å². The van der Waals surface area contributed by atoms with Crippen LogP contribution in [-0.2, 0) is 11.2 Å². The van der Waals surface area contributed by atoms with Gasteiger partial charge in [0.15, 0.2) is 5.17 Å². The van der Waals surface area contributed by atoms with Crippen LogP contribution in [0.3, 0.4) is 0 Å². The van der Waals surface area contributed by atoms with E-state index in [-0.39, 0.29) is 0 Å². The summed E-state index contributed by atoms with van der Waals surface area (Å²) in [5.41, 5.74) is 6.75. The molecule has 2 aliphatic heterocycles. The number of hydrogen-bond acceptors (Lipinski definition) is 4. The molecule has 4 nitrogen and oxygen atoms in total. The molecule has 0 unspecified atom stereocenters. The van der Waals surface area contributed by atoms with Crippen LogP contribution < -0.4 is 5.43 Å². The van der Waals surface area contributed by atoms with Gasteiger partial charge in [0, 0.05) is 12.4 Å². The van der Waals surface area contributed by atoms with Crippen LogP contribution in [0.5, 0.6) is 0 Å². The first-order valence-electron chi connectivity index (χ1n) is 8.06. The molecule has 118 valence electrons. The number of rotatable bonds is 5. The fourth-order valence-corrected chi connectivity index (χ4v) is 3.45. The topological polar surface area (TPSA) is 46.0 Å². The maximum Gasteiger partial charge on any atom is 0.177 e. The van der Waals surface area contributed by atoms with E-state index in [1.165, 1.54) is 17.5 Å². The van der Waals surface area contributed by atoms with Gasteiger partial charge in [0.1, 0.15) is 0 Å². The third-order valence-corrected chi connectivity index (χ3v) is 4.83. The zero-order valence-electron chi connectivity index (χ0n) is 13.0. The van der Waals surface area contributed by atoms with E-state index >= 15 is 0 Å². The molecule has 5 heteroatoms. The highest BCUT2D eigenvalue weighted by Crippen LogP contribution is 2.17. The van der Waals surface area contributed by atoms with Gasteiger partial charge in [-0.3, -0.25) is 10.4 Å². The lowest BCUT2D eigenvalue weighted by molar-refractivity contribution is 0.118. The minimum absolute atomic E-state index is 0.298. The summed E-state index contributed by atoms with van der Waals surface area (Å²) in [6.45, 7) is 3.83. The molecule has 0 aliphatic carbocycles. The quantitative estimate of drug-likeness (QED) is 0.907. The number of thioether (sulfide) groups is 1. The highest BCUT2D eigenvalue weighted by molar-refractivity contribution is 8.14. The molecule has 3 rings (SSSR count). The van der Waals surface area contributed by atoms with E-state index in [9.17, 15) is 0 Å². The second-order valence-corrected chi connectivity index (χ2v) is 6.65. The van der Waals surface area contributed by atoms with Crippen molar-refractivity contribution in [2.75, 3.05) is 18.9 Å². The molecule has 1 atom stereocenters. The number of hydrogen-bond donors (Lipinski definition) is 1. The number of aliphatic imine (C=N–C) groups is 1. The maximum absolute atomic E-state index is 5.59. The van der Waals surface area contributed by atoms with Crippen molar-refractivity contribution in [1.29, 1.82) is 0 Å². The van der Waals surface area contributed by atoms with E-state index in [1.807, 2.05) is 0 Å². The smallest absolute Gasteiger partial charge is 0.177 e. The van der Waals surface area contributed by atoms with Gasteiger partial charge in [-0.25, -0.2) is 0 Å². The molecule has 0 saturated carbocycles. The number of ether oxygens (including phenoxy) is 1. The Labute approximate surface area is 136 Å². The van der Waals surface area contributed by atoms with Crippen LogP contribution in [0.2, 0.25) is 0 Å².